The van der Waals surface area contributed by atoms with Gasteiger partial charge in [0.2, 0.25) is 0 Å². The number of benzene rings is 1. The van der Waals surface area contributed by atoms with Gasteiger partial charge in [0.1, 0.15) is 0 Å². The van der Waals surface area contributed by atoms with Crippen molar-refractivity contribution >= 4 is 17.6 Å². The number of carbonyl (C=O) groups is 2. The van der Waals surface area contributed by atoms with Crippen LogP contribution in [0.25, 0.3) is 0 Å². The van der Waals surface area contributed by atoms with Crippen molar-refractivity contribution in [3.05, 3.63) is 59.7 Å². The molecular formula is C13H9FN2O3. The summed E-state index contributed by atoms with van der Waals surface area (Å²) in [6.45, 7) is 0. The molecule has 0 spiro atoms. The van der Waals surface area contributed by atoms with Gasteiger partial charge in [-0.2, -0.15) is 0 Å². The molecule has 1 aromatic heterocycles. The van der Waals surface area contributed by atoms with Crippen molar-refractivity contribution in [2.24, 2.45) is 0 Å². The molecule has 1 amide bonds. The van der Waals surface area contributed by atoms with Crippen LogP contribution in [0.2, 0.25) is 0 Å². The molecule has 0 aliphatic rings. The van der Waals surface area contributed by atoms with Gasteiger partial charge < -0.3 is 10.4 Å². The molecule has 1 aromatic carbocycles. The topological polar surface area (TPSA) is 79.3 Å². The number of rotatable bonds is 3. The number of hydrogen-bond acceptors (Lipinski definition) is 3. The van der Waals surface area contributed by atoms with Crippen LogP contribution >= 0.6 is 0 Å². The van der Waals surface area contributed by atoms with Gasteiger partial charge in [-0.25, -0.2) is 9.18 Å². The summed E-state index contributed by atoms with van der Waals surface area (Å²) in [7, 11) is 0. The molecular weight excluding hydrogens is 251 g/mol. The smallest absolute Gasteiger partial charge is 0.335 e. The Balaban J connectivity index is 2.23. The number of nitrogens with zero attached hydrogens (tertiary/aromatic N) is 1. The highest BCUT2D eigenvalue weighted by Crippen LogP contribution is 2.13. The minimum absolute atomic E-state index is 0.0112. The first-order valence-corrected chi connectivity index (χ1v) is 5.32. The second-order valence-corrected chi connectivity index (χ2v) is 3.70. The van der Waals surface area contributed by atoms with E-state index in [1.807, 2.05) is 0 Å². The lowest BCUT2D eigenvalue weighted by atomic mass is 10.1. The lowest BCUT2D eigenvalue weighted by Crippen LogP contribution is -2.13. The van der Waals surface area contributed by atoms with Gasteiger partial charge in [0.15, 0.2) is 5.82 Å². The van der Waals surface area contributed by atoms with Crippen LogP contribution in [0.4, 0.5) is 10.1 Å². The first-order chi connectivity index (χ1) is 9.08. The van der Waals surface area contributed by atoms with Gasteiger partial charge in [-0.1, -0.05) is 6.07 Å². The lowest BCUT2D eigenvalue weighted by molar-refractivity contribution is 0.0697. The summed E-state index contributed by atoms with van der Waals surface area (Å²) >= 11 is 0. The highest BCUT2D eigenvalue weighted by molar-refractivity contribution is 6.05. The van der Waals surface area contributed by atoms with E-state index in [0.29, 0.717) is 0 Å². The van der Waals surface area contributed by atoms with Gasteiger partial charge in [-0.05, 0) is 24.3 Å². The van der Waals surface area contributed by atoms with E-state index in [-0.39, 0.29) is 16.8 Å². The van der Waals surface area contributed by atoms with Crippen LogP contribution in [0.5, 0.6) is 0 Å². The van der Waals surface area contributed by atoms with E-state index in [2.05, 4.69) is 10.3 Å². The molecule has 2 aromatic rings. The predicted octanol–water partition coefficient (Wildman–Crippen LogP) is 2.17. The Hall–Kier alpha value is -2.76. The number of pyridine rings is 1. The van der Waals surface area contributed by atoms with Crippen molar-refractivity contribution < 1.29 is 19.1 Å². The minimum Gasteiger partial charge on any atom is -0.478 e. The maximum absolute atomic E-state index is 13.3. The van der Waals surface area contributed by atoms with Gasteiger partial charge in [-0.15, -0.1) is 0 Å². The maximum atomic E-state index is 13.3. The van der Waals surface area contributed by atoms with E-state index in [1.54, 1.807) is 0 Å². The number of carbonyl (C=O) groups excluding carboxylic acids is 1. The fraction of sp³-hybridized carbons (Fsp3) is 0. The largest absolute Gasteiger partial charge is 0.478 e. The lowest BCUT2D eigenvalue weighted by Gasteiger charge is -2.06. The second-order valence-electron chi connectivity index (χ2n) is 3.70. The fourth-order valence-electron chi connectivity index (χ4n) is 1.46. The zero-order valence-electron chi connectivity index (χ0n) is 9.63. The molecule has 0 saturated carbocycles. The number of amides is 1. The first-order valence-electron chi connectivity index (χ1n) is 5.32. The minimum atomic E-state index is -1.13. The number of nitrogens with one attached hydrogen (secondary N) is 1. The van der Waals surface area contributed by atoms with Gasteiger partial charge in [0, 0.05) is 11.8 Å². The van der Waals surface area contributed by atoms with Crippen LogP contribution in [-0.2, 0) is 0 Å². The summed E-state index contributed by atoms with van der Waals surface area (Å²) in [4.78, 5) is 26.2. The summed E-state index contributed by atoms with van der Waals surface area (Å²) in [6.07, 6.45) is 2.32. The van der Waals surface area contributed by atoms with Crippen LogP contribution in [-0.4, -0.2) is 22.0 Å². The summed E-state index contributed by atoms with van der Waals surface area (Å²) < 4.78 is 13.3. The zero-order valence-corrected chi connectivity index (χ0v) is 9.63. The molecule has 0 unspecified atom stereocenters. The highest BCUT2D eigenvalue weighted by Gasteiger charge is 2.11. The quantitative estimate of drug-likeness (QED) is 0.886. The Labute approximate surface area is 107 Å². The molecule has 2 rings (SSSR count). The third-order valence-electron chi connectivity index (χ3n) is 2.39. The second kappa shape index (κ2) is 5.26. The summed E-state index contributed by atoms with van der Waals surface area (Å²) in [6, 6.07) is 6.79. The molecule has 0 aliphatic carbocycles. The van der Waals surface area contributed by atoms with Crippen molar-refractivity contribution in [2.75, 3.05) is 5.32 Å². The van der Waals surface area contributed by atoms with Gasteiger partial charge in [-0.3, -0.25) is 9.78 Å². The van der Waals surface area contributed by atoms with Crippen molar-refractivity contribution in [1.82, 2.24) is 4.98 Å². The van der Waals surface area contributed by atoms with Crippen LogP contribution in [0.15, 0.2) is 42.7 Å². The van der Waals surface area contributed by atoms with Crippen LogP contribution in [0.1, 0.15) is 20.7 Å². The summed E-state index contributed by atoms with van der Waals surface area (Å²) in [5.74, 6) is -2.39. The molecule has 0 atom stereocenters. The van der Waals surface area contributed by atoms with E-state index in [9.17, 15) is 14.0 Å². The maximum Gasteiger partial charge on any atom is 0.335 e. The van der Waals surface area contributed by atoms with E-state index in [4.69, 9.17) is 5.11 Å². The fourth-order valence-corrected chi connectivity index (χ4v) is 1.46. The predicted molar refractivity (Wildman–Crippen MR) is 65.5 cm³/mol. The zero-order chi connectivity index (χ0) is 13.8. The number of carboxylic acids is 1. The molecule has 0 bridgehead atoms. The van der Waals surface area contributed by atoms with Gasteiger partial charge in [0.25, 0.3) is 5.91 Å². The molecule has 2 N–H and O–H groups in total. The third kappa shape index (κ3) is 2.92. The molecule has 0 saturated heterocycles. The van der Waals surface area contributed by atoms with Crippen molar-refractivity contribution in [2.45, 2.75) is 0 Å². The van der Waals surface area contributed by atoms with Gasteiger partial charge >= 0.3 is 5.97 Å². The van der Waals surface area contributed by atoms with E-state index in [1.165, 1.54) is 36.5 Å². The molecule has 0 aliphatic heterocycles. The van der Waals surface area contributed by atoms with Crippen molar-refractivity contribution in [3.8, 4) is 0 Å². The van der Waals surface area contributed by atoms with Crippen LogP contribution in [0, 0.1) is 5.82 Å². The van der Waals surface area contributed by atoms with E-state index < -0.39 is 17.7 Å². The number of aromatic carboxylic acids is 1. The SMILES string of the molecule is O=C(O)c1cccc(C(=O)Nc2ccncc2F)c1. The molecule has 5 nitrogen and oxygen atoms in total. The first kappa shape index (κ1) is 12.7. The standard InChI is InChI=1S/C13H9FN2O3/c14-10-7-15-5-4-11(10)16-12(17)8-2-1-3-9(6-8)13(18)19/h1-7H,(H,18,19)(H,15,16,17). The molecule has 0 fully saturated rings. The van der Waals surface area contributed by atoms with Gasteiger partial charge in [0.05, 0.1) is 17.4 Å². The van der Waals surface area contributed by atoms with E-state index in [0.717, 1.165) is 6.20 Å². The average molecular weight is 260 g/mol. The van der Waals surface area contributed by atoms with Crippen molar-refractivity contribution in [1.29, 1.82) is 0 Å². The Morgan fingerprint density at radius 1 is 1.21 bits per heavy atom. The highest BCUT2D eigenvalue weighted by atomic mass is 19.1. The molecule has 19 heavy (non-hydrogen) atoms. The number of halogens is 1. The monoisotopic (exact) mass is 260 g/mol. The number of hydrogen-bond donors (Lipinski definition) is 2. The Bertz CT molecular complexity index is 643. The summed E-state index contributed by atoms with van der Waals surface area (Å²) in [5.41, 5.74) is 0.111. The number of anilines is 1. The molecule has 96 valence electrons. The number of carboxylic acid groups (broad SMARTS) is 1. The average Bonchev–Trinajstić information content (AvgIpc) is 2.41. The normalized spacial score (nSPS) is 9.95. The number of aromatic nitrogens is 1. The Morgan fingerprint density at radius 3 is 2.63 bits per heavy atom. The molecule has 0 radical (unpaired) electrons. The van der Waals surface area contributed by atoms with Crippen LogP contribution < -0.4 is 5.32 Å². The Kier molecular flexibility index (Phi) is 3.51. The third-order valence-corrected chi connectivity index (χ3v) is 2.39. The van der Waals surface area contributed by atoms with Crippen molar-refractivity contribution in [3.63, 3.8) is 0 Å². The molecule has 6 heteroatoms. The Morgan fingerprint density at radius 2 is 1.95 bits per heavy atom. The summed E-state index contributed by atoms with van der Waals surface area (Å²) in [5, 5.41) is 11.2. The molecule has 1 heterocycles. The van der Waals surface area contributed by atoms with E-state index >= 15 is 0 Å². The van der Waals surface area contributed by atoms with Crippen LogP contribution in [0.3, 0.4) is 0 Å².